The van der Waals surface area contributed by atoms with Gasteiger partial charge < -0.3 is 23.4 Å². The monoisotopic (exact) mass is 454 g/mol. The number of ether oxygens (including phenoxy) is 4. The lowest BCUT2D eigenvalue weighted by atomic mass is 10.1. The molecule has 4 aromatic rings. The Morgan fingerprint density at radius 2 is 2.00 bits per heavy atom. The van der Waals surface area contributed by atoms with Crippen molar-refractivity contribution < 1.29 is 27.8 Å². The molecule has 5 rings (SSSR count). The minimum Gasteiger partial charge on any atom is -0.491 e. The second kappa shape index (κ2) is 9.55. The molecule has 9 nitrogen and oxygen atoms in total. The fourth-order valence-electron chi connectivity index (χ4n) is 3.77. The van der Waals surface area contributed by atoms with Crippen LogP contribution in [0.2, 0.25) is 0 Å². The van der Waals surface area contributed by atoms with Crippen molar-refractivity contribution >= 4 is 10.9 Å². The zero-order chi connectivity index (χ0) is 22.6. The fraction of sp³-hybridized carbons (Fsp3) is 0.348. The van der Waals surface area contributed by atoms with Crippen molar-refractivity contribution in [1.82, 2.24) is 20.0 Å². The number of hydrogen-bond acceptors (Lipinski definition) is 8. The van der Waals surface area contributed by atoms with Crippen LogP contribution in [0.3, 0.4) is 0 Å². The number of fused-ring (bicyclic) bond motifs is 1. The van der Waals surface area contributed by atoms with Crippen molar-refractivity contribution in [2.45, 2.75) is 18.9 Å². The van der Waals surface area contributed by atoms with E-state index in [-0.39, 0.29) is 11.9 Å². The molecule has 33 heavy (non-hydrogen) atoms. The number of rotatable bonds is 8. The molecular formula is C23H23FN4O5. The second-order valence-corrected chi connectivity index (χ2v) is 7.65. The van der Waals surface area contributed by atoms with E-state index in [1.165, 1.54) is 18.5 Å². The smallest absolute Gasteiger partial charge is 0.247 e. The topological polar surface area (TPSA) is 93.7 Å². The van der Waals surface area contributed by atoms with Crippen LogP contribution in [0.25, 0.3) is 22.4 Å². The third kappa shape index (κ3) is 4.81. The van der Waals surface area contributed by atoms with Crippen LogP contribution in [0, 0.1) is 5.82 Å². The lowest BCUT2D eigenvalue weighted by molar-refractivity contribution is -0.0388. The third-order valence-corrected chi connectivity index (χ3v) is 5.40. The minimum absolute atomic E-state index is 0.0611. The molecular weight excluding hydrogens is 431 g/mol. The number of halogens is 1. The molecule has 0 unspecified atom stereocenters. The molecule has 0 saturated carbocycles. The van der Waals surface area contributed by atoms with Gasteiger partial charge in [-0.1, -0.05) is 0 Å². The van der Waals surface area contributed by atoms with Crippen molar-refractivity contribution in [3.8, 4) is 28.7 Å². The van der Waals surface area contributed by atoms with Gasteiger partial charge in [-0.05, 0) is 37.1 Å². The molecule has 1 aliphatic heterocycles. The van der Waals surface area contributed by atoms with E-state index in [0.29, 0.717) is 41.7 Å². The fourth-order valence-corrected chi connectivity index (χ4v) is 3.77. The van der Waals surface area contributed by atoms with E-state index in [4.69, 9.17) is 23.4 Å². The zero-order valence-electron chi connectivity index (χ0n) is 18.1. The van der Waals surface area contributed by atoms with Gasteiger partial charge in [-0.25, -0.2) is 4.39 Å². The van der Waals surface area contributed by atoms with Crippen molar-refractivity contribution in [3.05, 3.63) is 48.7 Å². The molecule has 10 heteroatoms. The third-order valence-electron chi connectivity index (χ3n) is 5.40. The highest BCUT2D eigenvalue weighted by atomic mass is 19.1. The number of aromatic nitrogens is 4. The number of aryl methyl sites for hydroxylation is 1. The SMILES string of the molecule is Cn1ncc2cc(-c3nnco3)cc(Oc3ccc(OCCOC4CCOCC4)cc3F)c21. The van der Waals surface area contributed by atoms with Gasteiger partial charge in [0, 0.05) is 37.3 Å². The summed E-state index contributed by atoms with van der Waals surface area (Å²) < 4.78 is 44.4. The average molecular weight is 454 g/mol. The van der Waals surface area contributed by atoms with Crippen molar-refractivity contribution in [1.29, 1.82) is 0 Å². The first-order chi connectivity index (χ1) is 16.2. The van der Waals surface area contributed by atoms with Crippen molar-refractivity contribution in [3.63, 3.8) is 0 Å². The molecule has 2 aromatic carbocycles. The van der Waals surface area contributed by atoms with Gasteiger partial charge in [-0.2, -0.15) is 5.10 Å². The van der Waals surface area contributed by atoms with Gasteiger partial charge in [0.1, 0.15) is 17.9 Å². The summed E-state index contributed by atoms with van der Waals surface area (Å²) in [4.78, 5) is 0. The Labute approximate surface area is 189 Å². The summed E-state index contributed by atoms with van der Waals surface area (Å²) >= 11 is 0. The lowest BCUT2D eigenvalue weighted by Crippen LogP contribution is -2.25. The molecule has 0 amide bonds. The molecule has 1 fully saturated rings. The predicted molar refractivity (Wildman–Crippen MR) is 116 cm³/mol. The summed E-state index contributed by atoms with van der Waals surface area (Å²) in [6.45, 7) is 2.21. The Bertz CT molecular complexity index is 1220. The summed E-state index contributed by atoms with van der Waals surface area (Å²) in [6, 6.07) is 8.07. The molecule has 0 radical (unpaired) electrons. The van der Waals surface area contributed by atoms with Gasteiger partial charge in [0.2, 0.25) is 12.3 Å². The Hall–Kier alpha value is -3.50. The number of nitrogens with zero attached hydrogens (tertiary/aromatic N) is 4. The van der Waals surface area contributed by atoms with Crippen LogP contribution < -0.4 is 9.47 Å². The number of hydrogen-bond donors (Lipinski definition) is 0. The number of benzene rings is 2. The summed E-state index contributed by atoms with van der Waals surface area (Å²) in [5.41, 5.74) is 1.36. The van der Waals surface area contributed by atoms with Crippen LogP contribution in [-0.4, -0.2) is 52.5 Å². The van der Waals surface area contributed by atoms with Gasteiger partial charge >= 0.3 is 0 Å². The largest absolute Gasteiger partial charge is 0.491 e. The average Bonchev–Trinajstić information content (AvgIpc) is 3.50. The van der Waals surface area contributed by atoms with E-state index >= 15 is 0 Å². The molecule has 0 atom stereocenters. The van der Waals surface area contributed by atoms with E-state index in [0.717, 1.165) is 31.4 Å². The molecule has 2 aromatic heterocycles. The Morgan fingerprint density at radius 1 is 1.12 bits per heavy atom. The maximum Gasteiger partial charge on any atom is 0.247 e. The summed E-state index contributed by atoms with van der Waals surface area (Å²) in [7, 11) is 1.79. The molecule has 1 saturated heterocycles. The van der Waals surface area contributed by atoms with Gasteiger partial charge in [-0.3, -0.25) is 4.68 Å². The van der Waals surface area contributed by atoms with Crippen LogP contribution >= 0.6 is 0 Å². The van der Waals surface area contributed by atoms with E-state index in [9.17, 15) is 4.39 Å². The molecule has 172 valence electrons. The molecule has 3 heterocycles. The molecule has 0 spiro atoms. The van der Waals surface area contributed by atoms with Crippen LogP contribution in [0.4, 0.5) is 4.39 Å². The van der Waals surface area contributed by atoms with Crippen molar-refractivity contribution in [2.24, 2.45) is 7.05 Å². The van der Waals surface area contributed by atoms with Crippen LogP contribution in [0.1, 0.15) is 12.8 Å². The standard InChI is InChI=1S/C23H23FN4O5/c1-28-22-16(13-26-28)10-15(23-27-25-14-32-23)11-21(22)33-20-3-2-18(12-19(20)24)31-9-8-30-17-4-6-29-7-5-17/h2-3,10-14,17H,4-9H2,1H3. The molecule has 0 bridgehead atoms. The lowest BCUT2D eigenvalue weighted by Gasteiger charge is -2.22. The van der Waals surface area contributed by atoms with E-state index in [1.54, 1.807) is 30.1 Å². The molecule has 0 aliphatic carbocycles. The molecule has 1 aliphatic rings. The second-order valence-electron chi connectivity index (χ2n) is 7.65. The first-order valence-electron chi connectivity index (χ1n) is 10.7. The predicted octanol–water partition coefficient (Wildman–Crippen LogP) is 4.13. The Balaban J connectivity index is 1.29. The first-order valence-corrected chi connectivity index (χ1v) is 10.7. The summed E-state index contributed by atoms with van der Waals surface area (Å²) in [6.07, 6.45) is 4.91. The maximum atomic E-state index is 14.8. The quantitative estimate of drug-likeness (QED) is 0.367. The van der Waals surface area contributed by atoms with E-state index in [2.05, 4.69) is 15.3 Å². The highest BCUT2D eigenvalue weighted by Gasteiger charge is 2.17. The summed E-state index contributed by atoms with van der Waals surface area (Å²) in [5, 5.41) is 12.7. The van der Waals surface area contributed by atoms with Gasteiger partial charge in [0.15, 0.2) is 17.3 Å². The van der Waals surface area contributed by atoms with Gasteiger partial charge in [-0.15, -0.1) is 10.2 Å². The Morgan fingerprint density at radius 3 is 2.79 bits per heavy atom. The van der Waals surface area contributed by atoms with Crippen molar-refractivity contribution in [2.75, 3.05) is 26.4 Å². The van der Waals surface area contributed by atoms with Crippen LogP contribution in [0.5, 0.6) is 17.2 Å². The first kappa shape index (κ1) is 21.4. The normalized spacial score (nSPS) is 14.6. The minimum atomic E-state index is -0.545. The summed E-state index contributed by atoms with van der Waals surface area (Å²) in [5.74, 6) is 0.666. The zero-order valence-corrected chi connectivity index (χ0v) is 18.1. The Kier molecular flexibility index (Phi) is 6.18. The van der Waals surface area contributed by atoms with Gasteiger partial charge in [0.05, 0.1) is 18.9 Å². The highest BCUT2D eigenvalue weighted by Crippen LogP contribution is 2.36. The molecule has 0 N–H and O–H groups in total. The highest BCUT2D eigenvalue weighted by molar-refractivity contribution is 5.89. The van der Waals surface area contributed by atoms with Gasteiger partial charge in [0.25, 0.3) is 0 Å². The van der Waals surface area contributed by atoms with Crippen LogP contribution in [0.15, 0.2) is 47.3 Å². The van der Waals surface area contributed by atoms with Crippen LogP contribution in [-0.2, 0) is 16.5 Å². The van der Waals surface area contributed by atoms with E-state index < -0.39 is 5.82 Å². The maximum absolute atomic E-state index is 14.8. The van der Waals surface area contributed by atoms with E-state index in [1.807, 2.05) is 6.07 Å².